The van der Waals surface area contributed by atoms with Gasteiger partial charge < -0.3 is 0 Å². The number of halogens is 4. The largest absolute Gasteiger partial charge is 0.431 e. The first-order valence-electron chi connectivity index (χ1n) is 4.64. The third-order valence-electron chi connectivity index (χ3n) is 1.76. The molecule has 104 valence electrons. The van der Waals surface area contributed by atoms with Gasteiger partial charge in [0.15, 0.2) is 0 Å². The van der Waals surface area contributed by atoms with Crippen molar-refractivity contribution in [2.24, 2.45) is 0 Å². The molecule has 18 heavy (non-hydrogen) atoms. The molecule has 0 saturated carbocycles. The Morgan fingerprint density at radius 3 is 1.67 bits per heavy atom. The number of pyridine rings is 1. The second-order valence-electron chi connectivity index (χ2n) is 3.07. The van der Waals surface area contributed by atoms with E-state index < -0.39 is 27.7 Å². The van der Waals surface area contributed by atoms with E-state index in [-0.39, 0.29) is 0 Å². The van der Waals surface area contributed by atoms with Crippen LogP contribution in [0.15, 0.2) is 30.6 Å². The van der Waals surface area contributed by atoms with E-state index in [1.807, 2.05) is 18.2 Å². The second-order valence-corrected chi connectivity index (χ2v) is 4.54. The number of hydrogen-bond acceptors (Lipinski definition) is 3. The number of alkyl halides is 4. The summed E-state index contributed by atoms with van der Waals surface area (Å²) >= 11 is 0. The van der Waals surface area contributed by atoms with Gasteiger partial charge in [-0.05, 0) is 12.1 Å². The van der Waals surface area contributed by atoms with Gasteiger partial charge in [-0.25, -0.2) is 0 Å². The van der Waals surface area contributed by atoms with Gasteiger partial charge in [0.05, 0.1) is 0 Å². The predicted molar refractivity (Wildman–Crippen MR) is 56.0 cm³/mol. The van der Waals surface area contributed by atoms with Crippen molar-refractivity contribution in [3.63, 3.8) is 0 Å². The fourth-order valence-electron chi connectivity index (χ4n) is 0.707. The molecule has 0 amide bonds. The molecule has 4 nitrogen and oxygen atoms in total. The van der Waals surface area contributed by atoms with Gasteiger partial charge in [0.1, 0.15) is 0 Å². The Hall–Kier alpha value is -1.22. The predicted octanol–water partition coefficient (Wildman–Crippen LogP) is 2.59. The number of aromatic nitrogens is 1. The summed E-state index contributed by atoms with van der Waals surface area (Å²) in [6.45, 7) is 0.680. The first-order valence-corrected chi connectivity index (χ1v) is 6.08. The molecule has 1 aromatic heterocycles. The summed E-state index contributed by atoms with van der Waals surface area (Å²) in [5, 5.41) is -5.42. The second kappa shape index (κ2) is 6.10. The lowest BCUT2D eigenvalue weighted by molar-refractivity contribution is -0.161. The minimum atomic E-state index is -6.06. The molecule has 1 N–H and O–H groups in total. The zero-order chi connectivity index (χ0) is 14.4. The Labute approximate surface area is 101 Å². The van der Waals surface area contributed by atoms with Gasteiger partial charge in [0, 0.05) is 18.8 Å². The van der Waals surface area contributed by atoms with E-state index in [0.29, 0.717) is 6.92 Å². The quantitative estimate of drug-likeness (QED) is 0.686. The van der Waals surface area contributed by atoms with Crippen molar-refractivity contribution in [1.29, 1.82) is 0 Å². The van der Waals surface area contributed by atoms with Gasteiger partial charge in [-0.2, -0.15) is 26.0 Å². The molecule has 0 aliphatic heterocycles. The minimum Gasteiger partial charge on any atom is -0.281 e. The highest BCUT2D eigenvalue weighted by atomic mass is 32.2. The van der Waals surface area contributed by atoms with Crippen LogP contribution in [0.1, 0.15) is 13.3 Å². The summed E-state index contributed by atoms with van der Waals surface area (Å²) in [5.41, 5.74) is 0. The average molecular weight is 289 g/mol. The van der Waals surface area contributed by atoms with Crippen LogP contribution in [0.3, 0.4) is 0 Å². The van der Waals surface area contributed by atoms with Crippen LogP contribution in [0.5, 0.6) is 0 Å². The Bertz CT molecular complexity index is 423. The third kappa shape index (κ3) is 4.22. The molecule has 0 saturated heterocycles. The van der Waals surface area contributed by atoms with Crippen LogP contribution in [0, 0.1) is 0 Å². The summed E-state index contributed by atoms with van der Waals surface area (Å²) in [6, 6.07) is 5.72. The van der Waals surface area contributed by atoms with Crippen molar-refractivity contribution in [2.45, 2.75) is 24.5 Å². The molecule has 0 aliphatic carbocycles. The van der Waals surface area contributed by atoms with Gasteiger partial charge in [-0.1, -0.05) is 13.0 Å². The maximum Gasteiger partial charge on any atom is 0.431 e. The van der Waals surface area contributed by atoms with E-state index in [9.17, 15) is 26.0 Å². The fourth-order valence-corrected chi connectivity index (χ4v) is 1.23. The van der Waals surface area contributed by atoms with Crippen LogP contribution in [-0.2, 0) is 10.1 Å². The number of nitrogens with zero attached hydrogens (tertiary/aromatic N) is 1. The van der Waals surface area contributed by atoms with Crippen LogP contribution in [-0.4, -0.2) is 29.1 Å². The Morgan fingerprint density at radius 2 is 1.56 bits per heavy atom. The monoisotopic (exact) mass is 289 g/mol. The van der Waals surface area contributed by atoms with Gasteiger partial charge in [-0.15, -0.1) is 0 Å². The van der Waals surface area contributed by atoms with E-state index in [2.05, 4.69) is 4.98 Å². The third-order valence-corrected chi connectivity index (χ3v) is 2.71. The van der Waals surface area contributed by atoms with Gasteiger partial charge >= 0.3 is 21.3 Å². The highest BCUT2D eigenvalue weighted by Gasteiger charge is 2.64. The molecule has 0 atom stereocenters. The molecule has 0 aliphatic rings. The first-order chi connectivity index (χ1) is 8.06. The van der Waals surface area contributed by atoms with Crippen molar-refractivity contribution < 1.29 is 30.5 Å². The molecule has 1 aromatic rings. The van der Waals surface area contributed by atoms with Gasteiger partial charge in [-0.3, -0.25) is 9.54 Å². The molecule has 0 spiro atoms. The van der Waals surface area contributed by atoms with Crippen LogP contribution in [0.4, 0.5) is 17.6 Å². The van der Waals surface area contributed by atoms with Crippen LogP contribution in [0.2, 0.25) is 0 Å². The van der Waals surface area contributed by atoms with Crippen molar-refractivity contribution >= 4 is 10.1 Å². The molecular formula is C9H11F4NO3S. The lowest BCUT2D eigenvalue weighted by Crippen LogP contribution is -2.46. The van der Waals surface area contributed by atoms with E-state index in [1.54, 1.807) is 12.4 Å². The maximum absolute atomic E-state index is 12.1. The molecule has 1 heterocycles. The lowest BCUT2D eigenvalue weighted by Gasteiger charge is -2.21. The molecule has 9 heteroatoms. The lowest BCUT2D eigenvalue weighted by atomic mass is 10.3. The standard InChI is InChI=1S/C5H5N.C4H6F4O3S/c1-2-4-6-5-3-1;1-2-3(5,6)4(7,8)12(9,10)11/h1-5H;2H2,1H3,(H,9,10,11). The van der Waals surface area contributed by atoms with Crippen molar-refractivity contribution in [2.75, 3.05) is 0 Å². The van der Waals surface area contributed by atoms with Gasteiger partial charge in [0.2, 0.25) is 0 Å². The minimum absolute atomic E-state index is 0.680. The zero-order valence-electron chi connectivity index (χ0n) is 9.22. The summed E-state index contributed by atoms with van der Waals surface area (Å²) in [7, 11) is -6.06. The molecule has 0 bridgehead atoms. The average Bonchev–Trinajstić information content (AvgIpc) is 2.30. The van der Waals surface area contributed by atoms with Crippen molar-refractivity contribution in [1.82, 2.24) is 4.98 Å². The highest BCUT2D eigenvalue weighted by Crippen LogP contribution is 2.40. The SMILES string of the molecule is CCC(F)(F)C(F)(F)S(=O)(=O)O.c1ccncc1. The van der Waals surface area contributed by atoms with Crippen LogP contribution >= 0.6 is 0 Å². The smallest absolute Gasteiger partial charge is 0.281 e. The molecule has 1 rings (SSSR count). The highest BCUT2D eigenvalue weighted by molar-refractivity contribution is 7.87. The normalized spacial score (nSPS) is 12.6. The van der Waals surface area contributed by atoms with Crippen LogP contribution in [0.25, 0.3) is 0 Å². The van der Waals surface area contributed by atoms with E-state index in [0.717, 1.165) is 0 Å². The Kier molecular flexibility index (Phi) is 5.68. The van der Waals surface area contributed by atoms with Crippen LogP contribution < -0.4 is 0 Å². The van der Waals surface area contributed by atoms with E-state index >= 15 is 0 Å². The fraction of sp³-hybridized carbons (Fsp3) is 0.444. The maximum atomic E-state index is 12.1. The Balaban J connectivity index is 0.000000397. The number of hydrogen-bond donors (Lipinski definition) is 1. The molecule has 0 fully saturated rings. The Morgan fingerprint density at radius 1 is 1.11 bits per heavy atom. The molecule has 0 aromatic carbocycles. The number of rotatable bonds is 3. The topological polar surface area (TPSA) is 67.3 Å². The van der Waals surface area contributed by atoms with Crippen molar-refractivity contribution in [3.8, 4) is 0 Å². The van der Waals surface area contributed by atoms with Gasteiger partial charge in [0.25, 0.3) is 0 Å². The molecular weight excluding hydrogens is 278 g/mol. The summed E-state index contributed by atoms with van der Waals surface area (Å²) < 4.78 is 75.8. The van der Waals surface area contributed by atoms with E-state index in [1.165, 1.54) is 0 Å². The molecule has 0 unspecified atom stereocenters. The zero-order valence-corrected chi connectivity index (χ0v) is 10.0. The first kappa shape index (κ1) is 16.8. The summed E-state index contributed by atoms with van der Waals surface area (Å²) in [6.07, 6.45) is 2.12. The van der Waals surface area contributed by atoms with E-state index in [4.69, 9.17) is 4.55 Å². The summed E-state index contributed by atoms with van der Waals surface area (Å²) in [5.74, 6) is -4.75. The molecule has 0 radical (unpaired) electrons. The van der Waals surface area contributed by atoms with Crippen molar-refractivity contribution in [3.05, 3.63) is 30.6 Å². The summed E-state index contributed by atoms with van der Waals surface area (Å²) in [4.78, 5) is 3.78.